The summed E-state index contributed by atoms with van der Waals surface area (Å²) in [6.07, 6.45) is -0.968. The predicted molar refractivity (Wildman–Crippen MR) is 103 cm³/mol. The van der Waals surface area contributed by atoms with Crippen molar-refractivity contribution in [2.24, 2.45) is 0 Å². The first kappa shape index (κ1) is 21.1. The number of ketones is 1. The summed E-state index contributed by atoms with van der Waals surface area (Å²) in [7, 11) is 4.37. The topological polar surface area (TPSA) is 80.3 Å². The van der Waals surface area contributed by atoms with Crippen LogP contribution in [0.5, 0.6) is 23.0 Å². The average Bonchev–Trinajstić information content (AvgIpc) is 2.72. The zero-order valence-corrected chi connectivity index (χ0v) is 16.6. The molecule has 0 unspecified atom stereocenters. The van der Waals surface area contributed by atoms with Gasteiger partial charge >= 0.3 is 5.97 Å². The van der Waals surface area contributed by atoms with E-state index >= 15 is 0 Å². The van der Waals surface area contributed by atoms with E-state index in [-0.39, 0.29) is 11.3 Å². The fraction of sp³-hybridized carbons (Fsp3) is 0.333. The Hall–Kier alpha value is -3.22. The molecule has 0 N–H and O–H groups in total. The summed E-state index contributed by atoms with van der Waals surface area (Å²) < 4.78 is 26.4. The maximum Gasteiger partial charge on any atom is 0.339 e. The first-order valence-corrected chi connectivity index (χ1v) is 8.73. The molecule has 0 saturated carbocycles. The Morgan fingerprint density at radius 3 is 1.93 bits per heavy atom. The molecule has 0 aliphatic rings. The van der Waals surface area contributed by atoms with Gasteiger partial charge in [0.1, 0.15) is 5.75 Å². The summed E-state index contributed by atoms with van der Waals surface area (Å²) in [6, 6.07) is 9.61. The van der Waals surface area contributed by atoms with Crippen molar-refractivity contribution < 1.29 is 33.3 Å². The van der Waals surface area contributed by atoms with E-state index < -0.39 is 12.1 Å². The minimum absolute atomic E-state index is 0.181. The third-order valence-corrected chi connectivity index (χ3v) is 4.00. The molecular weight excluding hydrogens is 364 g/mol. The lowest BCUT2D eigenvalue weighted by Crippen LogP contribution is -2.24. The minimum atomic E-state index is -0.968. The maximum absolute atomic E-state index is 12.5. The highest BCUT2D eigenvalue weighted by atomic mass is 16.5. The first-order chi connectivity index (χ1) is 13.4. The van der Waals surface area contributed by atoms with Crippen molar-refractivity contribution in [1.82, 2.24) is 0 Å². The zero-order chi connectivity index (χ0) is 20.7. The van der Waals surface area contributed by atoms with E-state index in [0.29, 0.717) is 35.2 Å². The number of carbonyl (C=O) groups is 2. The van der Waals surface area contributed by atoms with Crippen LogP contribution in [-0.2, 0) is 4.74 Å². The lowest BCUT2D eigenvalue weighted by molar-refractivity contribution is 0.0318. The average molecular weight is 388 g/mol. The molecule has 0 aromatic heterocycles. The summed E-state index contributed by atoms with van der Waals surface area (Å²) in [5, 5.41) is 0. The molecule has 7 nitrogen and oxygen atoms in total. The number of benzene rings is 2. The second kappa shape index (κ2) is 9.64. The summed E-state index contributed by atoms with van der Waals surface area (Å²) in [6.45, 7) is 3.94. The van der Waals surface area contributed by atoms with Crippen LogP contribution in [0.2, 0.25) is 0 Å². The second-order valence-electron chi connectivity index (χ2n) is 5.78. The van der Waals surface area contributed by atoms with Gasteiger partial charge in [0.05, 0.1) is 33.5 Å². The summed E-state index contributed by atoms with van der Waals surface area (Å²) in [5.74, 6) is 0.676. The number of hydrogen-bond donors (Lipinski definition) is 0. The molecule has 0 radical (unpaired) electrons. The van der Waals surface area contributed by atoms with Crippen molar-refractivity contribution in [2.45, 2.75) is 20.0 Å². The highest BCUT2D eigenvalue weighted by Crippen LogP contribution is 2.38. The van der Waals surface area contributed by atoms with Gasteiger partial charge < -0.3 is 23.7 Å². The third-order valence-electron chi connectivity index (χ3n) is 4.00. The number of rotatable bonds is 9. The van der Waals surface area contributed by atoms with E-state index in [1.807, 2.05) is 6.92 Å². The van der Waals surface area contributed by atoms with Crippen LogP contribution in [0.4, 0.5) is 0 Å². The fourth-order valence-corrected chi connectivity index (χ4v) is 2.60. The number of esters is 1. The van der Waals surface area contributed by atoms with Gasteiger partial charge in [-0.1, -0.05) is 0 Å². The second-order valence-corrected chi connectivity index (χ2v) is 5.78. The van der Waals surface area contributed by atoms with Crippen molar-refractivity contribution >= 4 is 11.8 Å². The Bertz CT molecular complexity index is 802. The summed E-state index contributed by atoms with van der Waals surface area (Å²) in [4.78, 5) is 25.1. The van der Waals surface area contributed by atoms with Crippen molar-refractivity contribution in [3.8, 4) is 23.0 Å². The molecular formula is C21H24O7. The molecule has 2 aromatic carbocycles. The standard InChI is InChI=1S/C21H24O7/c1-6-27-16-9-7-14(8-10-16)19(22)13(2)28-21(23)15-11-17(24-3)20(26-5)18(12-15)25-4/h7-13H,6H2,1-5H3/t13-/m1/s1. The zero-order valence-electron chi connectivity index (χ0n) is 16.6. The monoisotopic (exact) mass is 388 g/mol. The van der Waals surface area contributed by atoms with Crippen molar-refractivity contribution in [3.05, 3.63) is 47.5 Å². The number of Topliss-reactive ketones (excluding diaryl/α,β-unsaturated/α-hetero) is 1. The van der Waals surface area contributed by atoms with E-state index in [2.05, 4.69) is 0 Å². The minimum Gasteiger partial charge on any atom is -0.494 e. The van der Waals surface area contributed by atoms with Crippen molar-refractivity contribution in [1.29, 1.82) is 0 Å². The van der Waals surface area contributed by atoms with E-state index in [4.69, 9.17) is 23.7 Å². The van der Waals surface area contributed by atoms with Gasteiger partial charge in [0, 0.05) is 5.56 Å². The van der Waals surface area contributed by atoms with Crippen molar-refractivity contribution in [2.75, 3.05) is 27.9 Å². The summed E-state index contributed by atoms with van der Waals surface area (Å²) >= 11 is 0. The quantitative estimate of drug-likeness (QED) is 0.480. The Balaban J connectivity index is 2.16. The largest absolute Gasteiger partial charge is 0.494 e. The number of hydrogen-bond acceptors (Lipinski definition) is 7. The van der Waals surface area contributed by atoms with Crippen LogP contribution < -0.4 is 18.9 Å². The number of methoxy groups -OCH3 is 3. The maximum atomic E-state index is 12.5. The van der Waals surface area contributed by atoms with Crippen molar-refractivity contribution in [3.63, 3.8) is 0 Å². The molecule has 0 spiro atoms. The van der Waals surface area contributed by atoms with Gasteiger partial charge in [0.15, 0.2) is 17.6 Å². The number of ether oxygens (including phenoxy) is 5. The fourth-order valence-electron chi connectivity index (χ4n) is 2.60. The smallest absolute Gasteiger partial charge is 0.339 e. The van der Waals surface area contributed by atoms with Crippen LogP contribution in [0.15, 0.2) is 36.4 Å². The normalized spacial score (nSPS) is 11.3. The van der Waals surface area contributed by atoms with Crippen LogP contribution in [0.1, 0.15) is 34.6 Å². The Kier molecular flexibility index (Phi) is 7.26. The molecule has 0 heterocycles. The van der Waals surface area contributed by atoms with Crippen LogP contribution in [0, 0.1) is 0 Å². The molecule has 0 bridgehead atoms. The SMILES string of the molecule is CCOc1ccc(C(=O)[C@@H](C)OC(=O)c2cc(OC)c(OC)c(OC)c2)cc1. The summed E-state index contributed by atoms with van der Waals surface area (Å²) in [5.41, 5.74) is 0.606. The van der Waals surface area contributed by atoms with Crippen LogP contribution in [0.25, 0.3) is 0 Å². The molecule has 1 atom stereocenters. The van der Waals surface area contributed by atoms with Gasteiger partial charge in [-0.3, -0.25) is 4.79 Å². The van der Waals surface area contributed by atoms with Crippen LogP contribution in [0.3, 0.4) is 0 Å². The lowest BCUT2D eigenvalue weighted by Gasteiger charge is -2.16. The van der Waals surface area contributed by atoms with Crippen LogP contribution >= 0.6 is 0 Å². The molecule has 2 aromatic rings. The Morgan fingerprint density at radius 1 is 0.893 bits per heavy atom. The highest BCUT2D eigenvalue weighted by Gasteiger charge is 2.23. The van der Waals surface area contributed by atoms with Gasteiger partial charge in [-0.2, -0.15) is 0 Å². The predicted octanol–water partition coefficient (Wildman–Crippen LogP) is 3.54. The van der Waals surface area contributed by atoms with Gasteiger partial charge in [-0.05, 0) is 50.2 Å². The molecule has 28 heavy (non-hydrogen) atoms. The van der Waals surface area contributed by atoms with Gasteiger partial charge in [-0.15, -0.1) is 0 Å². The van der Waals surface area contributed by atoms with E-state index in [9.17, 15) is 9.59 Å². The highest BCUT2D eigenvalue weighted by molar-refractivity contribution is 6.01. The molecule has 0 aliphatic heterocycles. The van der Waals surface area contributed by atoms with Crippen LogP contribution in [-0.4, -0.2) is 45.8 Å². The lowest BCUT2D eigenvalue weighted by atomic mass is 10.1. The number of carbonyl (C=O) groups excluding carboxylic acids is 2. The molecule has 2 rings (SSSR count). The molecule has 0 amide bonds. The Labute approximate surface area is 164 Å². The molecule has 0 saturated heterocycles. The van der Waals surface area contributed by atoms with Gasteiger partial charge in [0.2, 0.25) is 11.5 Å². The molecule has 0 fully saturated rings. The van der Waals surface area contributed by atoms with E-state index in [1.165, 1.54) is 40.4 Å². The van der Waals surface area contributed by atoms with E-state index in [1.54, 1.807) is 24.3 Å². The van der Waals surface area contributed by atoms with Gasteiger partial charge in [0.25, 0.3) is 0 Å². The Morgan fingerprint density at radius 2 is 1.46 bits per heavy atom. The van der Waals surface area contributed by atoms with E-state index in [0.717, 1.165) is 0 Å². The first-order valence-electron chi connectivity index (χ1n) is 8.73. The van der Waals surface area contributed by atoms with Gasteiger partial charge in [-0.25, -0.2) is 4.79 Å². The molecule has 0 aliphatic carbocycles. The molecule has 7 heteroatoms. The third kappa shape index (κ3) is 4.73. The molecule has 150 valence electrons.